The van der Waals surface area contributed by atoms with Crippen LogP contribution in [0.15, 0.2) is 0 Å². The summed E-state index contributed by atoms with van der Waals surface area (Å²) in [4.78, 5) is 30.4. The molecule has 22 heavy (non-hydrogen) atoms. The van der Waals surface area contributed by atoms with Crippen molar-refractivity contribution in [2.45, 2.75) is 31.2 Å². The fraction of sp³-hybridized carbons (Fsp3) is 0.700. The van der Waals surface area contributed by atoms with Gasteiger partial charge in [-0.3, -0.25) is 14.4 Å². The fourth-order valence-electron chi connectivity index (χ4n) is 0.592. The number of hydrogen-bond donors (Lipinski definition) is 7. The molecule has 130 valence electrons. The first-order chi connectivity index (χ1) is 10.0. The van der Waals surface area contributed by atoms with Gasteiger partial charge in [-0.25, -0.2) is 0 Å². The number of nitrogens with two attached hydrogens (primary N) is 3. The average molecular weight is 359 g/mol. The average Bonchev–Trinajstić information content (AvgIpc) is 2.42. The number of carbonyl (C=O) groups is 3. The summed E-state index contributed by atoms with van der Waals surface area (Å²) in [5.41, 5.74) is 15.3. The Labute approximate surface area is 134 Å². The molecule has 0 aromatic carbocycles. The van der Waals surface area contributed by atoms with Crippen molar-refractivity contribution < 1.29 is 34.8 Å². The van der Waals surface area contributed by atoms with Gasteiger partial charge in [0, 0.05) is 11.5 Å². The number of carboxylic acid groups (broad SMARTS) is 3. The van der Waals surface area contributed by atoms with Crippen molar-refractivity contribution >= 4 is 39.5 Å². The van der Waals surface area contributed by atoms with Crippen LogP contribution in [0.25, 0.3) is 0 Å². The Bertz CT molecular complexity index is 348. The Morgan fingerprint density at radius 3 is 1.32 bits per heavy atom. The van der Waals surface area contributed by atoms with E-state index in [4.69, 9.17) is 37.6 Å². The lowest BCUT2D eigenvalue weighted by Gasteiger charge is -2.07. The molecule has 4 unspecified atom stereocenters. The maximum absolute atomic E-state index is 10.3. The minimum atomic E-state index is -1.18. The minimum Gasteiger partial charge on any atom is -0.480 e. The number of rotatable bonds is 9. The third kappa shape index (κ3) is 12.7. The van der Waals surface area contributed by atoms with Crippen LogP contribution in [0.3, 0.4) is 0 Å². The molecule has 12 heteroatoms. The highest BCUT2D eigenvalue weighted by molar-refractivity contribution is 8.76. The summed E-state index contributed by atoms with van der Waals surface area (Å²) in [5.74, 6) is -2.86. The third-order valence-electron chi connectivity index (χ3n) is 2.02. The van der Waals surface area contributed by atoms with Crippen molar-refractivity contribution in [1.29, 1.82) is 0 Å². The summed E-state index contributed by atoms with van der Waals surface area (Å²) in [7, 11) is 2.41. The summed E-state index contributed by atoms with van der Waals surface area (Å²) >= 11 is 0. The molecule has 0 aromatic rings. The Morgan fingerprint density at radius 1 is 0.864 bits per heavy atom. The van der Waals surface area contributed by atoms with Gasteiger partial charge in [0.1, 0.15) is 18.1 Å². The van der Waals surface area contributed by atoms with Gasteiger partial charge in [-0.2, -0.15) is 0 Å². The summed E-state index contributed by atoms with van der Waals surface area (Å²) in [5, 5.41) is 33.4. The molecule has 0 aliphatic heterocycles. The van der Waals surface area contributed by atoms with E-state index >= 15 is 0 Å². The predicted octanol–water partition coefficient (Wildman–Crippen LogP) is -2.03. The molecule has 4 atom stereocenters. The standard InChI is InChI=1S/C6H12N2O4S2.C4H9NO3/c7-3(5(9)10)1-13-14-2-4(8)6(11)12;1-2(6)3(5)4(7)8/h3-4H,1-2,7-8H2,(H,9,10)(H,11,12);2-3,6H,5H2,1H3,(H,7,8). The van der Waals surface area contributed by atoms with E-state index in [-0.39, 0.29) is 11.5 Å². The second kappa shape index (κ2) is 12.5. The minimum absolute atomic E-state index is 0.229. The molecular weight excluding hydrogens is 338 g/mol. The molecule has 0 saturated heterocycles. The molecule has 10 N–H and O–H groups in total. The molecule has 0 spiro atoms. The van der Waals surface area contributed by atoms with E-state index in [1.165, 1.54) is 28.5 Å². The van der Waals surface area contributed by atoms with Gasteiger partial charge in [0.25, 0.3) is 0 Å². The monoisotopic (exact) mass is 359 g/mol. The summed E-state index contributed by atoms with van der Waals surface area (Å²) in [6, 6.07) is -3.00. The van der Waals surface area contributed by atoms with Gasteiger partial charge in [0.05, 0.1) is 6.10 Å². The lowest BCUT2D eigenvalue weighted by Crippen LogP contribution is -2.39. The smallest absolute Gasteiger partial charge is 0.323 e. The Hall–Kier alpha value is -1.05. The van der Waals surface area contributed by atoms with Crippen LogP contribution in [0.1, 0.15) is 6.92 Å². The number of carboxylic acids is 3. The third-order valence-corrected chi connectivity index (χ3v) is 4.49. The Kier molecular flexibility index (Phi) is 13.2. The van der Waals surface area contributed by atoms with Crippen molar-refractivity contribution in [2.75, 3.05) is 11.5 Å². The van der Waals surface area contributed by atoms with E-state index in [2.05, 4.69) is 0 Å². The maximum Gasteiger partial charge on any atom is 0.323 e. The van der Waals surface area contributed by atoms with Gasteiger partial charge < -0.3 is 37.6 Å². The van der Waals surface area contributed by atoms with E-state index in [0.29, 0.717) is 0 Å². The van der Waals surface area contributed by atoms with Crippen molar-refractivity contribution in [3.05, 3.63) is 0 Å². The molecule has 0 heterocycles. The van der Waals surface area contributed by atoms with Gasteiger partial charge in [-0.1, -0.05) is 21.6 Å². The first kappa shape index (κ1) is 23.2. The van der Waals surface area contributed by atoms with E-state index < -0.39 is 42.1 Å². The molecule has 0 rings (SSSR count). The van der Waals surface area contributed by atoms with E-state index in [1.54, 1.807) is 0 Å². The summed E-state index contributed by atoms with van der Waals surface area (Å²) in [6.07, 6.45) is -0.979. The van der Waals surface area contributed by atoms with E-state index in [0.717, 1.165) is 0 Å². The second-order valence-corrected chi connectivity index (χ2v) is 6.62. The highest BCUT2D eigenvalue weighted by Gasteiger charge is 2.16. The normalized spacial score (nSPS) is 15.7. The Morgan fingerprint density at radius 2 is 1.18 bits per heavy atom. The molecule has 0 fully saturated rings. The zero-order valence-electron chi connectivity index (χ0n) is 11.8. The fourth-order valence-corrected chi connectivity index (χ4v) is 2.82. The van der Waals surface area contributed by atoms with Crippen molar-refractivity contribution in [1.82, 2.24) is 0 Å². The highest BCUT2D eigenvalue weighted by Crippen LogP contribution is 2.22. The van der Waals surface area contributed by atoms with Gasteiger partial charge in [-0.05, 0) is 6.92 Å². The van der Waals surface area contributed by atoms with Crippen LogP contribution in [0.5, 0.6) is 0 Å². The number of aliphatic hydroxyl groups excluding tert-OH is 1. The zero-order valence-corrected chi connectivity index (χ0v) is 13.4. The number of aliphatic hydroxyl groups is 1. The molecule has 10 nitrogen and oxygen atoms in total. The lowest BCUT2D eigenvalue weighted by atomic mass is 10.2. The van der Waals surface area contributed by atoms with Crippen LogP contribution < -0.4 is 17.2 Å². The van der Waals surface area contributed by atoms with Crippen LogP contribution in [-0.2, 0) is 14.4 Å². The van der Waals surface area contributed by atoms with E-state index in [9.17, 15) is 14.4 Å². The molecule has 0 aromatic heterocycles. The second-order valence-electron chi connectivity index (χ2n) is 4.06. The summed E-state index contributed by atoms with van der Waals surface area (Å²) < 4.78 is 0. The molecule has 0 amide bonds. The molecule has 0 bridgehead atoms. The van der Waals surface area contributed by atoms with Crippen molar-refractivity contribution in [3.63, 3.8) is 0 Å². The first-order valence-electron chi connectivity index (χ1n) is 5.88. The quantitative estimate of drug-likeness (QED) is 0.175. The van der Waals surface area contributed by atoms with Crippen LogP contribution in [0, 0.1) is 0 Å². The van der Waals surface area contributed by atoms with Crippen LogP contribution in [0.2, 0.25) is 0 Å². The first-order valence-corrected chi connectivity index (χ1v) is 8.37. The van der Waals surface area contributed by atoms with Gasteiger partial charge in [0.15, 0.2) is 0 Å². The number of aliphatic carboxylic acids is 3. The van der Waals surface area contributed by atoms with Gasteiger partial charge >= 0.3 is 17.9 Å². The van der Waals surface area contributed by atoms with Crippen LogP contribution in [-0.4, -0.2) is 74.1 Å². The van der Waals surface area contributed by atoms with Gasteiger partial charge in [0.2, 0.25) is 0 Å². The maximum atomic E-state index is 10.3. The largest absolute Gasteiger partial charge is 0.480 e. The van der Waals surface area contributed by atoms with Crippen molar-refractivity contribution in [2.24, 2.45) is 17.2 Å². The predicted molar refractivity (Wildman–Crippen MR) is 83.4 cm³/mol. The molecule has 0 aliphatic rings. The lowest BCUT2D eigenvalue weighted by molar-refractivity contribution is -0.141. The molecular formula is C10H21N3O7S2. The molecule has 0 aliphatic carbocycles. The topological polar surface area (TPSA) is 210 Å². The molecule has 0 saturated carbocycles. The Balaban J connectivity index is 0. The van der Waals surface area contributed by atoms with Crippen molar-refractivity contribution in [3.8, 4) is 0 Å². The molecule has 0 radical (unpaired) electrons. The van der Waals surface area contributed by atoms with Crippen LogP contribution >= 0.6 is 21.6 Å². The van der Waals surface area contributed by atoms with Crippen LogP contribution in [0.4, 0.5) is 0 Å². The SMILES string of the molecule is CC(O)C(N)C(=O)O.NC(CSSCC(N)C(=O)O)C(=O)O. The van der Waals surface area contributed by atoms with E-state index in [1.807, 2.05) is 0 Å². The van der Waals surface area contributed by atoms with Gasteiger partial charge in [-0.15, -0.1) is 0 Å². The highest BCUT2D eigenvalue weighted by atomic mass is 33.1. The number of hydrogen-bond acceptors (Lipinski definition) is 9. The summed E-state index contributed by atoms with van der Waals surface area (Å²) in [6.45, 7) is 1.33. The zero-order chi connectivity index (χ0) is 17.9.